The molecule has 0 aliphatic carbocycles. The van der Waals surface area contributed by atoms with Crippen LogP contribution in [0, 0.1) is 0 Å². The predicted octanol–water partition coefficient (Wildman–Crippen LogP) is 1.50. The lowest BCUT2D eigenvalue weighted by Gasteiger charge is -2.32. The van der Waals surface area contributed by atoms with Crippen LogP contribution >= 0.6 is 11.3 Å². The van der Waals surface area contributed by atoms with E-state index < -0.39 is 0 Å². The Morgan fingerprint density at radius 3 is 3.22 bits per heavy atom. The first-order valence-corrected chi connectivity index (χ1v) is 8.77. The van der Waals surface area contributed by atoms with Crippen molar-refractivity contribution in [2.75, 3.05) is 26.2 Å². The van der Waals surface area contributed by atoms with E-state index in [1.165, 1.54) is 16.9 Å². The second-order valence-electron chi connectivity index (χ2n) is 5.81. The van der Waals surface area contributed by atoms with Crippen molar-refractivity contribution >= 4 is 17.2 Å². The van der Waals surface area contributed by atoms with Gasteiger partial charge in [0.1, 0.15) is 0 Å². The Morgan fingerprint density at radius 1 is 1.57 bits per heavy atom. The Morgan fingerprint density at radius 2 is 2.48 bits per heavy atom. The fourth-order valence-corrected chi connectivity index (χ4v) is 3.39. The molecule has 1 N–H and O–H groups in total. The number of aromatic nitrogens is 2. The number of hydrogen-bond donors (Lipinski definition) is 1. The molecule has 0 spiro atoms. The van der Waals surface area contributed by atoms with Crippen LogP contribution in [-0.2, 0) is 18.3 Å². The molecule has 0 saturated carbocycles. The molecule has 7 heteroatoms. The van der Waals surface area contributed by atoms with Gasteiger partial charge < -0.3 is 10.1 Å². The molecule has 2 aromatic heterocycles. The van der Waals surface area contributed by atoms with E-state index in [1.807, 2.05) is 40.9 Å². The summed E-state index contributed by atoms with van der Waals surface area (Å²) in [5.74, 6) is -0.00530. The van der Waals surface area contributed by atoms with Crippen LogP contribution in [0.5, 0.6) is 0 Å². The van der Waals surface area contributed by atoms with E-state index in [0.29, 0.717) is 6.54 Å². The molecule has 23 heavy (non-hydrogen) atoms. The molecular weight excluding hydrogens is 312 g/mol. The number of carbonyl (C=O) groups excluding carboxylic acids is 1. The lowest BCUT2D eigenvalue weighted by atomic mass is 10.2. The summed E-state index contributed by atoms with van der Waals surface area (Å²) < 4.78 is 7.64. The minimum Gasteiger partial charge on any atom is -0.375 e. The zero-order valence-electron chi connectivity index (χ0n) is 13.3. The molecular formula is C16H22N4O2S. The molecule has 1 aliphatic rings. The van der Waals surface area contributed by atoms with Crippen LogP contribution in [0.15, 0.2) is 29.2 Å². The van der Waals surface area contributed by atoms with Gasteiger partial charge in [-0.1, -0.05) is 0 Å². The third kappa shape index (κ3) is 4.63. The van der Waals surface area contributed by atoms with Gasteiger partial charge in [-0.2, -0.15) is 16.4 Å². The summed E-state index contributed by atoms with van der Waals surface area (Å²) in [7, 11) is 1.93. The normalized spacial score (nSPS) is 18.9. The van der Waals surface area contributed by atoms with Crippen LogP contribution in [0.25, 0.3) is 0 Å². The fourth-order valence-electron chi connectivity index (χ4n) is 2.75. The zero-order valence-corrected chi connectivity index (χ0v) is 14.1. The molecule has 1 saturated heterocycles. The van der Waals surface area contributed by atoms with Gasteiger partial charge in [0, 0.05) is 55.9 Å². The van der Waals surface area contributed by atoms with Gasteiger partial charge in [0.2, 0.25) is 0 Å². The van der Waals surface area contributed by atoms with Gasteiger partial charge in [-0.3, -0.25) is 14.4 Å². The Labute approximate surface area is 140 Å². The van der Waals surface area contributed by atoms with Crippen molar-refractivity contribution in [3.63, 3.8) is 0 Å². The molecule has 0 aromatic carbocycles. The molecule has 0 unspecified atom stereocenters. The predicted molar refractivity (Wildman–Crippen MR) is 89.5 cm³/mol. The minimum absolute atomic E-state index is 0.00530. The lowest BCUT2D eigenvalue weighted by Crippen LogP contribution is -2.43. The molecule has 2 aromatic rings. The van der Waals surface area contributed by atoms with E-state index >= 15 is 0 Å². The van der Waals surface area contributed by atoms with E-state index in [2.05, 4.69) is 15.3 Å². The molecule has 3 rings (SSSR count). The number of nitrogens with one attached hydrogen (secondary N) is 1. The number of carbonyl (C=O) groups is 1. The van der Waals surface area contributed by atoms with Crippen molar-refractivity contribution in [1.29, 1.82) is 0 Å². The monoisotopic (exact) mass is 334 g/mol. The Bertz CT molecular complexity index is 626. The summed E-state index contributed by atoms with van der Waals surface area (Å²) in [5, 5.41) is 10.9. The quantitative estimate of drug-likeness (QED) is 0.870. The highest BCUT2D eigenvalue weighted by molar-refractivity contribution is 7.08. The molecule has 1 amide bonds. The summed E-state index contributed by atoms with van der Waals surface area (Å²) in [6, 6.07) is 1.84. The summed E-state index contributed by atoms with van der Waals surface area (Å²) in [6.45, 7) is 4.11. The molecule has 124 valence electrons. The van der Waals surface area contributed by atoms with Crippen molar-refractivity contribution in [1.82, 2.24) is 20.0 Å². The summed E-state index contributed by atoms with van der Waals surface area (Å²) in [4.78, 5) is 14.3. The maximum atomic E-state index is 11.9. The highest BCUT2D eigenvalue weighted by Crippen LogP contribution is 2.12. The van der Waals surface area contributed by atoms with E-state index in [1.54, 1.807) is 0 Å². The number of aryl methyl sites for hydroxylation is 1. The number of morpholine rings is 1. The standard InChI is InChI=1S/C16H22N4O2S/c1-19-9-13(8-18-19)10-20-5-6-22-15(11-20)2-4-17-16(21)14-3-7-23-12-14/h3,7-9,12,15H,2,4-6,10-11H2,1H3,(H,17,21)/t15-/m1/s1. The van der Waals surface area contributed by atoms with E-state index in [9.17, 15) is 4.79 Å². The highest BCUT2D eigenvalue weighted by Gasteiger charge is 2.20. The van der Waals surface area contributed by atoms with Crippen LogP contribution in [0.3, 0.4) is 0 Å². The van der Waals surface area contributed by atoms with Crippen molar-refractivity contribution in [3.8, 4) is 0 Å². The molecule has 1 aliphatic heterocycles. The number of ether oxygens (including phenoxy) is 1. The first-order valence-electron chi connectivity index (χ1n) is 7.82. The molecule has 0 bridgehead atoms. The van der Waals surface area contributed by atoms with Gasteiger partial charge in [-0.05, 0) is 17.9 Å². The smallest absolute Gasteiger partial charge is 0.252 e. The minimum atomic E-state index is -0.00530. The van der Waals surface area contributed by atoms with Crippen molar-refractivity contribution in [2.24, 2.45) is 7.05 Å². The largest absolute Gasteiger partial charge is 0.375 e. The third-order valence-corrected chi connectivity index (χ3v) is 4.61. The Kier molecular flexibility index (Phi) is 5.43. The van der Waals surface area contributed by atoms with Crippen LogP contribution < -0.4 is 5.32 Å². The maximum absolute atomic E-state index is 11.9. The Balaban J connectivity index is 1.41. The first-order chi connectivity index (χ1) is 11.2. The van der Waals surface area contributed by atoms with E-state index in [-0.39, 0.29) is 12.0 Å². The van der Waals surface area contributed by atoms with Gasteiger partial charge in [0.25, 0.3) is 5.91 Å². The molecule has 0 radical (unpaired) electrons. The van der Waals surface area contributed by atoms with Crippen molar-refractivity contribution in [3.05, 3.63) is 40.3 Å². The summed E-state index contributed by atoms with van der Waals surface area (Å²) in [6.07, 6.45) is 4.96. The number of rotatable bonds is 6. The number of amides is 1. The average molecular weight is 334 g/mol. The third-order valence-electron chi connectivity index (χ3n) is 3.92. The zero-order chi connectivity index (χ0) is 16.1. The fraction of sp³-hybridized carbons (Fsp3) is 0.500. The molecule has 1 fully saturated rings. The summed E-state index contributed by atoms with van der Waals surface area (Å²) >= 11 is 1.53. The number of hydrogen-bond acceptors (Lipinski definition) is 5. The van der Waals surface area contributed by atoms with Gasteiger partial charge in [-0.25, -0.2) is 0 Å². The number of nitrogens with zero attached hydrogens (tertiary/aromatic N) is 3. The second kappa shape index (κ2) is 7.72. The number of thiophene rings is 1. The maximum Gasteiger partial charge on any atom is 0.252 e. The average Bonchev–Trinajstić information content (AvgIpc) is 3.19. The van der Waals surface area contributed by atoms with Gasteiger partial charge in [0.15, 0.2) is 0 Å². The van der Waals surface area contributed by atoms with Gasteiger partial charge in [-0.15, -0.1) is 0 Å². The highest BCUT2D eigenvalue weighted by atomic mass is 32.1. The van der Waals surface area contributed by atoms with Crippen LogP contribution in [0.2, 0.25) is 0 Å². The Hall–Kier alpha value is -1.70. The summed E-state index contributed by atoms with van der Waals surface area (Å²) in [5.41, 5.74) is 1.96. The topological polar surface area (TPSA) is 59.4 Å². The molecule has 6 nitrogen and oxygen atoms in total. The second-order valence-corrected chi connectivity index (χ2v) is 6.59. The van der Waals surface area contributed by atoms with Crippen LogP contribution in [0.4, 0.5) is 0 Å². The van der Waals surface area contributed by atoms with Crippen molar-refractivity contribution in [2.45, 2.75) is 19.1 Å². The van der Waals surface area contributed by atoms with Crippen molar-refractivity contribution < 1.29 is 9.53 Å². The molecule has 3 heterocycles. The lowest BCUT2D eigenvalue weighted by molar-refractivity contribution is -0.0342. The van der Waals surface area contributed by atoms with Gasteiger partial charge in [0.05, 0.1) is 18.9 Å². The van der Waals surface area contributed by atoms with E-state index in [4.69, 9.17) is 4.74 Å². The van der Waals surface area contributed by atoms with E-state index in [0.717, 1.165) is 38.2 Å². The van der Waals surface area contributed by atoms with Crippen LogP contribution in [-0.4, -0.2) is 52.9 Å². The van der Waals surface area contributed by atoms with Gasteiger partial charge >= 0.3 is 0 Å². The molecule has 1 atom stereocenters. The van der Waals surface area contributed by atoms with Crippen LogP contribution in [0.1, 0.15) is 22.3 Å². The SMILES string of the molecule is Cn1cc(CN2CCO[C@H](CCNC(=O)c3ccsc3)C2)cn1. The first kappa shape index (κ1) is 16.2.